The number of para-hydroxylation sites is 2. The number of hydrogen-bond acceptors (Lipinski definition) is 18. The van der Waals surface area contributed by atoms with E-state index in [0.717, 1.165) is 36.4 Å². The summed E-state index contributed by atoms with van der Waals surface area (Å²) in [5.41, 5.74) is -0.511. The van der Waals surface area contributed by atoms with Crippen molar-refractivity contribution in [2.24, 2.45) is 10.2 Å². The third-order valence-electron chi connectivity index (χ3n) is 5.64. The Labute approximate surface area is 359 Å². The Bertz CT molecular complexity index is 2440. The molecule has 0 spiro atoms. The average Bonchev–Trinajstić information content (AvgIpc) is 2.89. The Hall–Kier alpha value is -0.420. The van der Waals surface area contributed by atoms with E-state index in [4.69, 9.17) is 0 Å². The summed E-state index contributed by atoms with van der Waals surface area (Å²) in [7, 11) is -21.6. The number of rotatable bonds is 8. The first-order chi connectivity index (χ1) is 20.2. The largest absolute Gasteiger partial charge is 1.00 e. The summed E-state index contributed by atoms with van der Waals surface area (Å²) < 4.78 is 141. The van der Waals surface area contributed by atoms with Crippen LogP contribution in [0.4, 0.5) is 11.4 Å². The van der Waals surface area contributed by atoms with Crippen molar-refractivity contribution in [3.05, 3.63) is 102 Å². The van der Waals surface area contributed by atoms with E-state index in [1.807, 2.05) is 10.9 Å². The molecule has 0 aliphatic heterocycles. The zero-order valence-corrected chi connectivity index (χ0v) is 36.3. The van der Waals surface area contributed by atoms with Gasteiger partial charge in [-0.15, -0.1) is 0 Å². The molecule has 18 nitrogen and oxygen atoms in total. The summed E-state index contributed by atoms with van der Waals surface area (Å²) >= 11 is 0. The van der Waals surface area contributed by atoms with Crippen molar-refractivity contribution in [3.63, 3.8) is 0 Å². The van der Waals surface area contributed by atoms with E-state index in [-0.39, 0.29) is 118 Å². The van der Waals surface area contributed by atoms with Crippen LogP contribution in [0.3, 0.4) is 0 Å². The van der Waals surface area contributed by atoms with Crippen molar-refractivity contribution < 1.29 is 170 Å². The Kier molecular flexibility index (Phi) is 17.7. The first-order valence-electron chi connectivity index (χ1n) is 11.2. The van der Waals surface area contributed by atoms with Gasteiger partial charge in [-0.1, -0.05) is 24.3 Å². The van der Waals surface area contributed by atoms with Gasteiger partial charge < -0.3 is 18.2 Å². The van der Waals surface area contributed by atoms with E-state index < -0.39 is 103 Å². The van der Waals surface area contributed by atoms with Crippen LogP contribution in [0.5, 0.6) is 0 Å². The molecule has 0 bridgehead atoms. The minimum absolute atomic E-state index is 0. The number of benzene rings is 2. The van der Waals surface area contributed by atoms with Gasteiger partial charge in [-0.3, -0.25) is 20.4 Å². The third-order valence-corrected chi connectivity index (χ3v) is 9.13. The van der Waals surface area contributed by atoms with Gasteiger partial charge in [-0.2, -0.15) is 10.2 Å². The predicted octanol–water partition coefficient (Wildman–Crippen LogP) is -14.5. The van der Waals surface area contributed by atoms with Gasteiger partial charge in [-0.05, 0) is 41.6 Å². The fraction of sp³-hybridized carbons (Fsp3) is 0. The maximum absolute atomic E-state index is 13.4. The van der Waals surface area contributed by atoms with E-state index in [1.165, 1.54) is 12.1 Å². The Balaban J connectivity index is 0.00000552. The molecule has 2 aromatic carbocycles. The summed E-state index contributed by atoms with van der Waals surface area (Å²) in [4.78, 5) is 22.1. The minimum atomic E-state index is -5.64. The molecule has 2 N–H and O–H groups in total. The van der Waals surface area contributed by atoms with Gasteiger partial charge in [0.2, 0.25) is 10.9 Å². The van der Waals surface area contributed by atoms with Crippen LogP contribution in [-0.4, -0.2) is 51.9 Å². The van der Waals surface area contributed by atoms with E-state index in [2.05, 4.69) is 10.2 Å². The van der Waals surface area contributed by atoms with Gasteiger partial charge in [-0.25, -0.2) is 33.7 Å². The molecule has 2 aliphatic carbocycles. The molecule has 2 aromatic rings. The monoisotopic (exact) mass is 776 g/mol. The molecule has 26 heteroatoms. The van der Waals surface area contributed by atoms with Gasteiger partial charge in [0.15, 0.2) is 0 Å². The molecule has 0 fully saturated rings. The molecule has 48 heavy (non-hydrogen) atoms. The molecule has 2 aliphatic rings. The van der Waals surface area contributed by atoms with Crippen molar-refractivity contribution in [2.75, 3.05) is 10.9 Å². The Morgan fingerprint density at radius 2 is 0.771 bits per heavy atom. The maximum atomic E-state index is 13.4. The fourth-order valence-corrected chi connectivity index (χ4v) is 6.36. The second kappa shape index (κ2) is 17.9. The maximum Gasteiger partial charge on any atom is 1.00 e. The molecular weight excluding hydrogens is 764 g/mol. The molecule has 0 saturated heterocycles. The van der Waals surface area contributed by atoms with Gasteiger partial charge in [0.1, 0.15) is 51.2 Å². The van der Waals surface area contributed by atoms with E-state index in [0.29, 0.717) is 12.1 Å². The van der Waals surface area contributed by atoms with E-state index >= 15 is 0 Å². The molecule has 232 valence electrons. The van der Waals surface area contributed by atoms with Crippen molar-refractivity contribution in [1.82, 2.24) is 0 Å². The van der Waals surface area contributed by atoms with Crippen molar-refractivity contribution in [3.8, 4) is 0 Å². The van der Waals surface area contributed by atoms with Crippen LogP contribution < -0.4 is 151 Å². The molecule has 0 radical (unpaired) electrons. The number of anilines is 2. The van der Waals surface area contributed by atoms with Gasteiger partial charge in [0.05, 0.1) is 36.2 Å². The summed E-state index contributed by atoms with van der Waals surface area (Å²) in [6, 6.07) is 9.06. The normalized spacial score (nSPS) is 12.6. The topological polar surface area (TPSA) is 312 Å². The second-order valence-electron chi connectivity index (χ2n) is 8.46. The average molecular weight is 777 g/mol. The first kappa shape index (κ1) is 47.6. The van der Waals surface area contributed by atoms with Crippen LogP contribution in [0.25, 0.3) is 0 Å². The first-order valence-corrected chi connectivity index (χ1v) is 16.8. The van der Waals surface area contributed by atoms with Crippen molar-refractivity contribution >= 4 is 51.8 Å². The standard InChI is InChI=1S/C22H16N4O14S4.4Na/c27-21-18-11(9-16(43(35,36)37)19(21)25-23-12-5-1-3-7-14(12)41(29,30)31)10-17(44(38,39)40)20(22(18)28)26-24-13-6-2-4-8-15(13)42(32,33)34;;;;/h1-10,23-24H,(H,29,30,31)(H,32,33,34)(H,35,36,37)(H,38,39,40);;;;/q;4*+1/p-4/b25-19+,26-20+;;;;. The molecule has 0 unspecified atom stereocenters. The molecule has 0 saturated carbocycles. The smallest absolute Gasteiger partial charge is 0.744 e. The SMILES string of the molecule is O=c1c2c(=O)/c(=N/Nc3ccccc3S(=O)(=O)[O-])c(S(=O)(=O)[O-])cc=2cc(S(=O)(=O)[O-])/c1=N\Nc1ccccc1S(=O)(=O)[O-].[Na+].[Na+].[Na+].[Na+]. The van der Waals surface area contributed by atoms with Crippen LogP contribution in [-0.2, 0) is 40.5 Å². The molecule has 0 atom stereocenters. The fourth-order valence-electron chi connectivity index (χ4n) is 3.81. The predicted molar refractivity (Wildman–Crippen MR) is 140 cm³/mol. The molecule has 0 amide bonds. The Morgan fingerprint density at radius 1 is 0.479 bits per heavy atom. The third kappa shape index (κ3) is 10.8. The summed E-state index contributed by atoms with van der Waals surface area (Å²) in [6.45, 7) is 0. The van der Waals surface area contributed by atoms with E-state index in [9.17, 15) is 61.5 Å². The minimum Gasteiger partial charge on any atom is -0.744 e. The number of nitrogens with zero attached hydrogens (tertiary/aromatic N) is 2. The Morgan fingerprint density at radius 3 is 1.06 bits per heavy atom. The van der Waals surface area contributed by atoms with Crippen LogP contribution in [0.15, 0.2) is 100 Å². The molecule has 0 aromatic heterocycles. The molecule has 0 heterocycles. The summed E-state index contributed by atoms with van der Waals surface area (Å²) in [5, 5.41) is 2.34. The number of hydrogen-bond donors (Lipinski definition) is 2. The van der Waals surface area contributed by atoms with Crippen molar-refractivity contribution in [2.45, 2.75) is 19.6 Å². The van der Waals surface area contributed by atoms with Crippen LogP contribution >= 0.6 is 0 Å². The van der Waals surface area contributed by atoms with Gasteiger partial charge >= 0.3 is 118 Å². The second-order valence-corrected chi connectivity index (χ2v) is 13.9. The quantitative estimate of drug-likeness (QED) is 0.0953. The van der Waals surface area contributed by atoms with Crippen LogP contribution in [0.1, 0.15) is 0 Å². The number of nitrogens with one attached hydrogen (secondary N) is 2. The zero-order valence-electron chi connectivity index (χ0n) is 25.0. The van der Waals surface area contributed by atoms with Crippen LogP contribution in [0, 0.1) is 10.4 Å². The van der Waals surface area contributed by atoms with E-state index in [1.54, 1.807) is 0 Å². The molecular formula is C22H12N4Na4O14S4. The van der Waals surface area contributed by atoms with Crippen molar-refractivity contribution in [1.29, 1.82) is 0 Å². The summed E-state index contributed by atoms with van der Waals surface area (Å²) in [5.74, 6) is 0. The van der Waals surface area contributed by atoms with Gasteiger partial charge in [0.25, 0.3) is 0 Å². The molecule has 4 rings (SSSR count). The van der Waals surface area contributed by atoms with Gasteiger partial charge in [0, 0.05) is 0 Å². The summed E-state index contributed by atoms with van der Waals surface area (Å²) in [6.07, 6.45) is 0. The van der Waals surface area contributed by atoms with Crippen LogP contribution in [0.2, 0.25) is 0 Å². The zero-order chi connectivity index (χ0) is 32.8.